The van der Waals surface area contributed by atoms with Crippen molar-refractivity contribution in [1.82, 2.24) is 15.2 Å². The number of likely N-dealkylation sites (N-methyl/N-ethyl adjacent to an activating group) is 1. The number of aromatic nitrogens is 1. The van der Waals surface area contributed by atoms with Gasteiger partial charge in [0.25, 0.3) is 0 Å². The van der Waals surface area contributed by atoms with Crippen molar-refractivity contribution in [2.24, 2.45) is 4.99 Å². The lowest BCUT2D eigenvalue weighted by Gasteiger charge is -2.20. The SMILES string of the molecule is CN1CCN=C1NCc1ccc(OC(C)(C)C)nc1.I. The van der Waals surface area contributed by atoms with Crippen LogP contribution < -0.4 is 10.1 Å². The summed E-state index contributed by atoms with van der Waals surface area (Å²) in [4.78, 5) is 10.8. The molecule has 0 amide bonds. The summed E-state index contributed by atoms with van der Waals surface area (Å²) in [6, 6.07) is 3.93. The zero-order valence-electron chi connectivity index (χ0n) is 12.5. The van der Waals surface area contributed by atoms with E-state index in [1.54, 1.807) is 0 Å². The maximum atomic E-state index is 5.69. The van der Waals surface area contributed by atoms with Crippen LogP contribution in [-0.2, 0) is 6.54 Å². The predicted octanol–water partition coefficient (Wildman–Crippen LogP) is 2.27. The molecule has 0 atom stereocenters. The Balaban J connectivity index is 0.00000200. The fraction of sp³-hybridized carbons (Fsp3) is 0.571. The van der Waals surface area contributed by atoms with Crippen LogP contribution in [0.2, 0.25) is 0 Å². The zero-order chi connectivity index (χ0) is 13.9. The molecule has 0 saturated carbocycles. The molecule has 1 aromatic heterocycles. The Kier molecular flexibility index (Phi) is 6.04. The number of nitrogens with zero attached hydrogens (tertiary/aromatic N) is 3. The van der Waals surface area contributed by atoms with Gasteiger partial charge in [-0.3, -0.25) is 4.99 Å². The van der Waals surface area contributed by atoms with E-state index in [0.29, 0.717) is 5.88 Å². The van der Waals surface area contributed by atoms with Crippen molar-refractivity contribution in [2.75, 3.05) is 20.1 Å². The third-order valence-corrected chi connectivity index (χ3v) is 2.72. The highest BCUT2D eigenvalue weighted by molar-refractivity contribution is 14.0. The average Bonchev–Trinajstić information content (AvgIpc) is 2.72. The first kappa shape index (κ1) is 17.0. The first-order valence-corrected chi connectivity index (χ1v) is 6.57. The standard InChI is InChI=1S/C14H22N4O.HI/c1-14(2,3)19-12-6-5-11(9-16-12)10-17-13-15-7-8-18(13)4;/h5-6,9H,7-8,10H2,1-4H3,(H,15,17);1H. The Labute approximate surface area is 137 Å². The normalized spacial score (nSPS) is 14.6. The van der Waals surface area contributed by atoms with Gasteiger partial charge in [-0.25, -0.2) is 4.98 Å². The number of pyridine rings is 1. The molecule has 0 spiro atoms. The van der Waals surface area contributed by atoms with Gasteiger partial charge in [0.15, 0.2) is 5.96 Å². The summed E-state index contributed by atoms with van der Waals surface area (Å²) in [5, 5.41) is 3.31. The van der Waals surface area contributed by atoms with Gasteiger partial charge in [0.1, 0.15) is 5.60 Å². The van der Waals surface area contributed by atoms with Crippen LogP contribution >= 0.6 is 24.0 Å². The topological polar surface area (TPSA) is 49.8 Å². The molecule has 20 heavy (non-hydrogen) atoms. The molecule has 0 saturated heterocycles. The number of hydrogen-bond donors (Lipinski definition) is 1. The van der Waals surface area contributed by atoms with Gasteiger partial charge >= 0.3 is 0 Å². The van der Waals surface area contributed by atoms with Gasteiger partial charge < -0.3 is 15.0 Å². The van der Waals surface area contributed by atoms with Gasteiger partial charge in [-0.1, -0.05) is 6.07 Å². The van der Waals surface area contributed by atoms with Crippen LogP contribution in [0, 0.1) is 0 Å². The lowest BCUT2D eigenvalue weighted by atomic mass is 10.2. The van der Waals surface area contributed by atoms with Gasteiger partial charge in [-0.2, -0.15) is 0 Å². The lowest BCUT2D eigenvalue weighted by Crippen LogP contribution is -2.35. The summed E-state index contributed by atoms with van der Waals surface area (Å²) in [5.41, 5.74) is 0.901. The quantitative estimate of drug-likeness (QED) is 0.805. The van der Waals surface area contributed by atoms with Gasteiger partial charge in [-0.15, -0.1) is 24.0 Å². The second-order valence-electron chi connectivity index (χ2n) is 5.70. The molecule has 5 nitrogen and oxygen atoms in total. The molecule has 112 valence electrons. The van der Waals surface area contributed by atoms with Crippen LogP contribution in [0.5, 0.6) is 5.88 Å². The second kappa shape index (κ2) is 7.10. The Morgan fingerprint density at radius 3 is 2.60 bits per heavy atom. The molecule has 1 aliphatic heterocycles. The van der Waals surface area contributed by atoms with Crippen molar-refractivity contribution in [3.8, 4) is 5.88 Å². The van der Waals surface area contributed by atoms with Gasteiger partial charge in [-0.05, 0) is 26.3 Å². The number of rotatable bonds is 3. The number of guanidine groups is 1. The van der Waals surface area contributed by atoms with E-state index in [9.17, 15) is 0 Å². The minimum atomic E-state index is -0.214. The first-order chi connectivity index (χ1) is 8.94. The van der Waals surface area contributed by atoms with Crippen molar-refractivity contribution < 1.29 is 4.74 Å². The van der Waals surface area contributed by atoms with E-state index < -0.39 is 0 Å². The molecule has 0 aliphatic carbocycles. The fourth-order valence-corrected chi connectivity index (χ4v) is 1.79. The highest BCUT2D eigenvalue weighted by Gasteiger charge is 2.13. The van der Waals surface area contributed by atoms with Gasteiger partial charge in [0.05, 0.1) is 6.54 Å². The number of hydrogen-bond acceptors (Lipinski definition) is 5. The molecule has 1 N–H and O–H groups in total. The van der Waals surface area contributed by atoms with E-state index >= 15 is 0 Å². The van der Waals surface area contributed by atoms with Crippen LogP contribution in [0.1, 0.15) is 26.3 Å². The van der Waals surface area contributed by atoms with Crippen LogP contribution in [0.3, 0.4) is 0 Å². The van der Waals surface area contributed by atoms with Crippen LogP contribution in [0.15, 0.2) is 23.3 Å². The molecule has 6 heteroatoms. The summed E-state index contributed by atoms with van der Waals surface area (Å²) in [6.07, 6.45) is 1.84. The van der Waals surface area contributed by atoms with E-state index in [2.05, 4.69) is 20.2 Å². The molecular weight excluding hydrogens is 367 g/mol. The molecule has 1 aromatic rings. The molecule has 0 bridgehead atoms. The number of halogens is 1. The van der Waals surface area contributed by atoms with E-state index in [1.807, 2.05) is 46.1 Å². The smallest absolute Gasteiger partial charge is 0.213 e. The molecule has 0 fully saturated rings. The maximum absolute atomic E-state index is 5.69. The van der Waals surface area contributed by atoms with Crippen LogP contribution in [-0.4, -0.2) is 41.6 Å². The molecule has 0 unspecified atom stereocenters. The van der Waals surface area contributed by atoms with Crippen molar-refractivity contribution in [3.63, 3.8) is 0 Å². The Hall–Kier alpha value is -1.05. The van der Waals surface area contributed by atoms with Crippen molar-refractivity contribution in [1.29, 1.82) is 0 Å². The van der Waals surface area contributed by atoms with Gasteiger partial charge in [0.2, 0.25) is 5.88 Å². The van der Waals surface area contributed by atoms with E-state index in [4.69, 9.17) is 4.74 Å². The monoisotopic (exact) mass is 390 g/mol. The van der Waals surface area contributed by atoms with Crippen molar-refractivity contribution >= 4 is 29.9 Å². The molecule has 0 aromatic carbocycles. The highest BCUT2D eigenvalue weighted by Crippen LogP contribution is 2.15. The van der Waals surface area contributed by atoms with E-state index in [0.717, 1.165) is 31.2 Å². The van der Waals surface area contributed by atoms with Crippen LogP contribution in [0.4, 0.5) is 0 Å². The fourth-order valence-electron chi connectivity index (χ4n) is 1.79. The average molecular weight is 390 g/mol. The summed E-state index contributed by atoms with van der Waals surface area (Å²) < 4.78 is 5.69. The molecule has 0 radical (unpaired) electrons. The summed E-state index contributed by atoms with van der Waals surface area (Å²) >= 11 is 0. The number of ether oxygens (including phenoxy) is 1. The largest absolute Gasteiger partial charge is 0.472 e. The minimum absolute atomic E-state index is 0. The minimum Gasteiger partial charge on any atom is -0.472 e. The van der Waals surface area contributed by atoms with E-state index in [-0.39, 0.29) is 29.6 Å². The predicted molar refractivity (Wildman–Crippen MR) is 91.8 cm³/mol. The number of nitrogens with one attached hydrogen (secondary N) is 1. The summed E-state index contributed by atoms with van der Waals surface area (Å²) in [7, 11) is 2.04. The zero-order valence-corrected chi connectivity index (χ0v) is 14.8. The van der Waals surface area contributed by atoms with E-state index in [1.165, 1.54) is 0 Å². The maximum Gasteiger partial charge on any atom is 0.213 e. The Bertz CT molecular complexity index is 453. The van der Waals surface area contributed by atoms with Crippen molar-refractivity contribution in [2.45, 2.75) is 32.9 Å². The summed E-state index contributed by atoms with van der Waals surface area (Å²) in [6.45, 7) is 8.62. The first-order valence-electron chi connectivity index (χ1n) is 6.57. The Morgan fingerprint density at radius 1 is 1.35 bits per heavy atom. The highest BCUT2D eigenvalue weighted by atomic mass is 127. The number of aliphatic imine (C=N–C) groups is 1. The molecule has 2 heterocycles. The molecule has 2 rings (SSSR count). The van der Waals surface area contributed by atoms with Gasteiger partial charge in [0, 0.05) is 32.4 Å². The summed E-state index contributed by atoms with van der Waals surface area (Å²) in [5.74, 6) is 1.61. The lowest BCUT2D eigenvalue weighted by molar-refractivity contribution is 0.124. The van der Waals surface area contributed by atoms with Crippen molar-refractivity contribution in [3.05, 3.63) is 23.9 Å². The third kappa shape index (κ3) is 5.15. The molecule has 1 aliphatic rings. The Morgan fingerprint density at radius 2 is 2.10 bits per heavy atom. The third-order valence-electron chi connectivity index (χ3n) is 2.72. The van der Waals surface area contributed by atoms with Crippen LogP contribution in [0.25, 0.3) is 0 Å². The molecular formula is C14H23IN4O. The second-order valence-corrected chi connectivity index (χ2v) is 5.70.